The van der Waals surface area contributed by atoms with Crippen molar-refractivity contribution in [2.45, 2.75) is 27.7 Å². The number of nitrogens with one attached hydrogen (secondary N) is 1. The number of rotatable bonds is 0. The fraction of sp³-hybridized carbons (Fsp3) is 0.400. The van der Waals surface area contributed by atoms with Gasteiger partial charge in [0.2, 0.25) is 0 Å². The van der Waals surface area contributed by atoms with Crippen LogP contribution in [0.5, 0.6) is 0 Å². The molecule has 0 fully saturated rings. The second-order valence-corrected chi connectivity index (χ2v) is 3.66. The molecule has 3 heteroatoms. The molecule has 2 nitrogen and oxygen atoms in total. The Labute approximate surface area is 78.6 Å². The summed E-state index contributed by atoms with van der Waals surface area (Å²) >= 11 is 0. The van der Waals surface area contributed by atoms with Crippen molar-refractivity contribution in [3.8, 4) is 0 Å². The number of fused-ring (bicyclic) bond motifs is 1. The van der Waals surface area contributed by atoms with Crippen molar-refractivity contribution in [3.05, 3.63) is 22.4 Å². The van der Waals surface area contributed by atoms with Gasteiger partial charge >= 0.3 is 77.9 Å². The normalized spacial score (nSPS) is 10.8. The predicted molar refractivity (Wildman–Crippen MR) is 56.4 cm³/mol. The Bertz CT molecular complexity index is 471. The van der Waals surface area contributed by atoms with Gasteiger partial charge in [0.15, 0.2) is 0 Å². The molecule has 66 valence electrons. The molecule has 2 aromatic rings. The van der Waals surface area contributed by atoms with E-state index in [9.17, 15) is 0 Å². The van der Waals surface area contributed by atoms with Crippen LogP contribution in [0, 0.1) is 27.7 Å². The van der Waals surface area contributed by atoms with Crippen LogP contribution in [0.25, 0.3) is 10.9 Å². The Hall–Kier alpha value is -1.12. The molecule has 0 aliphatic carbocycles. The van der Waals surface area contributed by atoms with Gasteiger partial charge in [0.05, 0.1) is 0 Å². The van der Waals surface area contributed by atoms with Gasteiger partial charge in [-0.1, -0.05) is 0 Å². The summed E-state index contributed by atoms with van der Waals surface area (Å²) in [5.74, 6) is 0.989. The summed E-state index contributed by atoms with van der Waals surface area (Å²) in [4.78, 5) is 7.72. The summed E-state index contributed by atoms with van der Waals surface area (Å²) in [7, 11) is 0. The molecular weight excluding hydrogens is 159 g/mol. The molecule has 2 aromatic heterocycles. The Morgan fingerprint density at radius 1 is 1.08 bits per heavy atom. The van der Waals surface area contributed by atoms with Crippen molar-refractivity contribution < 1.29 is 0 Å². The summed E-state index contributed by atoms with van der Waals surface area (Å²) < 4.78 is 0. The van der Waals surface area contributed by atoms with Crippen LogP contribution in [0.3, 0.4) is 0 Å². The van der Waals surface area contributed by atoms with Crippen LogP contribution in [0.4, 0.5) is 0 Å². The Morgan fingerprint density at radius 2 is 1.77 bits per heavy atom. The van der Waals surface area contributed by atoms with E-state index in [-0.39, 0.29) is 0 Å². The molecular formula is C10H13BN2. The van der Waals surface area contributed by atoms with E-state index in [4.69, 9.17) is 0 Å². The first-order valence-corrected chi connectivity index (χ1v) is 4.52. The van der Waals surface area contributed by atoms with Crippen LogP contribution in [0.2, 0.25) is 0 Å². The fourth-order valence-electron chi connectivity index (χ4n) is 1.70. The SMILES string of the molecule is Cc1nc2c(C)c(C)c(C)bc2[nH]1. The molecule has 0 saturated carbocycles. The van der Waals surface area contributed by atoms with E-state index < -0.39 is 0 Å². The van der Waals surface area contributed by atoms with Crippen LogP contribution < -0.4 is 0 Å². The number of hydrogen-bond acceptors (Lipinski definition) is 1. The summed E-state index contributed by atoms with van der Waals surface area (Å²) in [5.41, 5.74) is 6.23. The Kier molecular flexibility index (Phi) is 1.75. The van der Waals surface area contributed by atoms with E-state index in [1.807, 2.05) is 6.92 Å². The van der Waals surface area contributed by atoms with E-state index in [1.54, 1.807) is 0 Å². The van der Waals surface area contributed by atoms with Crippen molar-refractivity contribution in [1.29, 1.82) is 0 Å². The van der Waals surface area contributed by atoms with E-state index in [0.717, 1.165) is 16.8 Å². The number of nitrogens with zero attached hydrogens (tertiary/aromatic N) is 1. The van der Waals surface area contributed by atoms with Gasteiger partial charge in [-0.15, -0.1) is 0 Å². The van der Waals surface area contributed by atoms with Crippen LogP contribution in [-0.2, 0) is 0 Å². The van der Waals surface area contributed by atoms with Crippen molar-refractivity contribution in [3.63, 3.8) is 0 Å². The third kappa shape index (κ3) is 1.19. The molecule has 13 heavy (non-hydrogen) atoms. The zero-order chi connectivity index (χ0) is 9.59. The molecule has 0 radical (unpaired) electrons. The van der Waals surface area contributed by atoms with Gasteiger partial charge in [-0.3, -0.25) is 0 Å². The second kappa shape index (κ2) is 2.69. The first-order chi connectivity index (χ1) is 6.09. The minimum absolute atomic E-state index is 0.989. The van der Waals surface area contributed by atoms with Gasteiger partial charge in [0.1, 0.15) is 0 Å². The molecule has 2 rings (SSSR count). The van der Waals surface area contributed by atoms with Crippen molar-refractivity contribution in [1.82, 2.24) is 9.97 Å². The first-order valence-electron chi connectivity index (χ1n) is 4.52. The number of aromatic nitrogens is 2. The number of aromatic amines is 1. The van der Waals surface area contributed by atoms with Gasteiger partial charge in [-0.05, 0) is 0 Å². The average Bonchev–Trinajstić information content (AvgIpc) is 2.42. The quantitative estimate of drug-likeness (QED) is 0.647. The molecule has 2 heterocycles. The molecule has 0 atom stereocenters. The summed E-state index contributed by atoms with van der Waals surface area (Å²) in [6, 6.07) is 0. The maximum absolute atomic E-state index is 4.46. The molecule has 0 aliphatic rings. The number of H-pyrrole nitrogens is 1. The summed E-state index contributed by atoms with van der Waals surface area (Å²) in [6.45, 7) is 10.6. The first kappa shape index (κ1) is 8.48. The fourth-order valence-corrected chi connectivity index (χ4v) is 1.70. The van der Waals surface area contributed by atoms with Gasteiger partial charge in [0, 0.05) is 0 Å². The zero-order valence-corrected chi connectivity index (χ0v) is 8.52. The third-order valence-corrected chi connectivity index (χ3v) is 2.72. The zero-order valence-electron chi connectivity index (χ0n) is 8.52. The maximum atomic E-state index is 4.46. The Balaban J connectivity index is 2.92. The topological polar surface area (TPSA) is 28.7 Å². The van der Waals surface area contributed by atoms with Gasteiger partial charge < -0.3 is 0 Å². The second-order valence-electron chi connectivity index (χ2n) is 3.66. The van der Waals surface area contributed by atoms with Crippen LogP contribution in [0.15, 0.2) is 0 Å². The Morgan fingerprint density at radius 3 is 2.46 bits per heavy atom. The van der Waals surface area contributed by atoms with E-state index in [2.05, 4.69) is 37.6 Å². The number of imidazole rings is 1. The molecule has 0 amide bonds. The van der Waals surface area contributed by atoms with Crippen molar-refractivity contribution in [2.75, 3.05) is 0 Å². The number of hydrogen-bond donors (Lipinski definition) is 1. The number of aryl methyl sites for hydroxylation is 3. The molecule has 0 saturated heterocycles. The molecule has 0 bridgehead atoms. The van der Waals surface area contributed by atoms with Crippen LogP contribution in [0.1, 0.15) is 22.4 Å². The standard InChI is InChI=1S/C10H13BN2/c1-5-6(2)9-10(11-7(5)3)13-8(4)12-9/h1-4H3,(H,12,13). The van der Waals surface area contributed by atoms with Gasteiger partial charge in [-0.2, -0.15) is 0 Å². The van der Waals surface area contributed by atoms with E-state index >= 15 is 0 Å². The van der Waals surface area contributed by atoms with E-state index in [0.29, 0.717) is 0 Å². The molecule has 1 N–H and O–H groups in total. The monoisotopic (exact) mass is 172 g/mol. The average molecular weight is 172 g/mol. The predicted octanol–water partition coefficient (Wildman–Crippen LogP) is 2.13. The third-order valence-electron chi connectivity index (χ3n) is 2.72. The minimum atomic E-state index is 0.989. The molecule has 0 aromatic carbocycles. The summed E-state index contributed by atoms with van der Waals surface area (Å²) in [5, 5.41) is 0. The van der Waals surface area contributed by atoms with Crippen molar-refractivity contribution in [2.24, 2.45) is 0 Å². The van der Waals surface area contributed by atoms with E-state index in [1.165, 1.54) is 16.6 Å². The molecule has 0 unspecified atom stereocenters. The van der Waals surface area contributed by atoms with Crippen molar-refractivity contribution >= 4 is 17.8 Å². The molecule has 0 aliphatic heterocycles. The summed E-state index contributed by atoms with van der Waals surface area (Å²) in [6.07, 6.45) is 0. The van der Waals surface area contributed by atoms with Gasteiger partial charge in [-0.25, -0.2) is 0 Å². The van der Waals surface area contributed by atoms with Crippen LogP contribution >= 0.6 is 0 Å². The van der Waals surface area contributed by atoms with Crippen LogP contribution in [-0.4, -0.2) is 16.9 Å². The molecule has 0 spiro atoms. The van der Waals surface area contributed by atoms with Gasteiger partial charge in [0.25, 0.3) is 0 Å².